The van der Waals surface area contributed by atoms with E-state index in [9.17, 15) is 0 Å². The molecule has 0 aromatic carbocycles. The first-order valence-electron chi connectivity index (χ1n) is 7.94. The quantitative estimate of drug-likeness (QED) is 0.390. The summed E-state index contributed by atoms with van der Waals surface area (Å²) in [7, 11) is 0. The zero-order valence-corrected chi connectivity index (χ0v) is 14.1. The second kappa shape index (κ2) is 11.3. The van der Waals surface area contributed by atoms with E-state index in [0.717, 1.165) is 50.5 Å². The molecule has 1 rings (SSSR count). The Morgan fingerprint density at radius 3 is 2.90 bits per heavy atom. The lowest BCUT2D eigenvalue weighted by Crippen LogP contribution is -2.38. The topological polar surface area (TPSA) is 45.7 Å². The van der Waals surface area contributed by atoms with Gasteiger partial charge in [0.2, 0.25) is 0 Å². The Labute approximate surface area is 128 Å². The van der Waals surface area contributed by atoms with Crippen molar-refractivity contribution in [1.29, 1.82) is 0 Å². The summed E-state index contributed by atoms with van der Waals surface area (Å²) in [4.78, 5) is 4.67. The van der Waals surface area contributed by atoms with Gasteiger partial charge in [0.05, 0.1) is 6.54 Å². The summed E-state index contributed by atoms with van der Waals surface area (Å²) in [5.41, 5.74) is 0. The Bertz CT molecular complexity index is 266. The molecule has 118 valence electrons. The van der Waals surface area contributed by atoms with E-state index in [2.05, 4.69) is 48.2 Å². The van der Waals surface area contributed by atoms with Gasteiger partial charge in [-0.25, -0.2) is 0 Å². The molecule has 0 saturated carbocycles. The van der Waals surface area contributed by atoms with Crippen molar-refractivity contribution in [1.82, 2.24) is 10.6 Å². The first-order valence-corrected chi connectivity index (χ1v) is 8.98. The van der Waals surface area contributed by atoms with Crippen LogP contribution in [0.25, 0.3) is 0 Å². The van der Waals surface area contributed by atoms with Gasteiger partial charge in [-0.15, -0.1) is 0 Å². The van der Waals surface area contributed by atoms with Crippen LogP contribution in [0.15, 0.2) is 4.99 Å². The van der Waals surface area contributed by atoms with Crippen molar-refractivity contribution in [2.75, 3.05) is 38.6 Å². The minimum absolute atomic E-state index is 0.616. The summed E-state index contributed by atoms with van der Waals surface area (Å²) >= 11 is 2.06. The number of rotatable bonds is 9. The van der Waals surface area contributed by atoms with Gasteiger partial charge < -0.3 is 15.4 Å². The van der Waals surface area contributed by atoms with Crippen molar-refractivity contribution < 1.29 is 4.74 Å². The van der Waals surface area contributed by atoms with Crippen LogP contribution in [0.2, 0.25) is 0 Å². The number of guanidine groups is 1. The van der Waals surface area contributed by atoms with E-state index in [1.54, 1.807) is 0 Å². The molecule has 0 spiro atoms. The predicted molar refractivity (Wildman–Crippen MR) is 89.7 cm³/mol. The lowest BCUT2D eigenvalue weighted by Gasteiger charge is -2.13. The molecule has 0 amide bonds. The van der Waals surface area contributed by atoms with Gasteiger partial charge in [-0.05, 0) is 37.9 Å². The monoisotopic (exact) mass is 301 g/mol. The standard InChI is InChI=1S/C15H31N3OS/c1-4-16-15(18-11-14-7-5-10-20-14)17-8-6-9-19-12-13(2)3/h13-14H,4-12H2,1-3H3,(H2,16,17,18). The first kappa shape index (κ1) is 17.6. The van der Waals surface area contributed by atoms with Crippen LogP contribution < -0.4 is 10.6 Å². The van der Waals surface area contributed by atoms with Gasteiger partial charge in [0, 0.05) is 31.6 Å². The molecule has 1 atom stereocenters. The molecule has 1 unspecified atom stereocenters. The second-order valence-electron chi connectivity index (χ2n) is 5.60. The molecular formula is C15H31N3OS. The van der Waals surface area contributed by atoms with Crippen LogP contribution in [0.1, 0.15) is 40.0 Å². The van der Waals surface area contributed by atoms with E-state index in [4.69, 9.17) is 4.74 Å². The maximum Gasteiger partial charge on any atom is 0.191 e. The van der Waals surface area contributed by atoms with Gasteiger partial charge >= 0.3 is 0 Å². The molecule has 1 aliphatic rings. The van der Waals surface area contributed by atoms with Crippen molar-refractivity contribution in [2.45, 2.75) is 45.3 Å². The summed E-state index contributed by atoms with van der Waals surface area (Å²) in [5.74, 6) is 2.87. The van der Waals surface area contributed by atoms with Crippen LogP contribution in [-0.2, 0) is 4.74 Å². The van der Waals surface area contributed by atoms with Gasteiger partial charge in [-0.1, -0.05) is 13.8 Å². The SMILES string of the molecule is CCNC(=NCC1CCCS1)NCCCOCC(C)C. The lowest BCUT2D eigenvalue weighted by atomic mass is 10.2. The number of thioether (sulfide) groups is 1. The molecule has 1 aliphatic heterocycles. The number of nitrogens with one attached hydrogen (secondary N) is 2. The van der Waals surface area contributed by atoms with E-state index in [1.165, 1.54) is 18.6 Å². The summed E-state index contributed by atoms with van der Waals surface area (Å²) < 4.78 is 5.57. The van der Waals surface area contributed by atoms with Gasteiger partial charge in [0.15, 0.2) is 5.96 Å². The van der Waals surface area contributed by atoms with Gasteiger partial charge in [-0.2, -0.15) is 11.8 Å². The predicted octanol–water partition coefficient (Wildman–Crippen LogP) is 2.50. The smallest absolute Gasteiger partial charge is 0.191 e. The van der Waals surface area contributed by atoms with Gasteiger partial charge in [0.1, 0.15) is 0 Å². The average Bonchev–Trinajstić information content (AvgIpc) is 2.92. The fraction of sp³-hybridized carbons (Fsp3) is 0.933. The third kappa shape index (κ3) is 8.69. The molecule has 2 N–H and O–H groups in total. The second-order valence-corrected chi connectivity index (χ2v) is 7.01. The number of ether oxygens (including phenoxy) is 1. The molecule has 0 radical (unpaired) electrons. The fourth-order valence-corrected chi connectivity index (χ4v) is 3.20. The zero-order valence-electron chi connectivity index (χ0n) is 13.3. The van der Waals surface area contributed by atoms with Crippen LogP contribution >= 0.6 is 11.8 Å². The molecule has 1 fully saturated rings. The minimum atomic E-state index is 0.616. The largest absolute Gasteiger partial charge is 0.381 e. The highest BCUT2D eigenvalue weighted by Crippen LogP contribution is 2.25. The van der Waals surface area contributed by atoms with Crippen molar-refractivity contribution in [3.05, 3.63) is 0 Å². The Balaban J connectivity index is 2.12. The molecule has 5 heteroatoms. The van der Waals surface area contributed by atoms with Crippen LogP contribution in [0.5, 0.6) is 0 Å². The third-order valence-electron chi connectivity index (χ3n) is 3.03. The Kier molecular flexibility index (Phi) is 9.93. The van der Waals surface area contributed by atoms with E-state index in [0.29, 0.717) is 5.92 Å². The molecule has 20 heavy (non-hydrogen) atoms. The number of aliphatic imine (C=N–C) groups is 1. The van der Waals surface area contributed by atoms with Crippen molar-refractivity contribution in [3.63, 3.8) is 0 Å². The maximum atomic E-state index is 5.57. The molecule has 4 nitrogen and oxygen atoms in total. The van der Waals surface area contributed by atoms with E-state index in [1.807, 2.05) is 0 Å². The molecule has 0 aliphatic carbocycles. The van der Waals surface area contributed by atoms with Crippen LogP contribution in [0.3, 0.4) is 0 Å². The average molecular weight is 302 g/mol. The number of hydrogen-bond donors (Lipinski definition) is 2. The van der Waals surface area contributed by atoms with E-state index in [-0.39, 0.29) is 0 Å². The van der Waals surface area contributed by atoms with Crippen LogP contribution in [0.4, 0.5) is 0 Å². The summed E-state index contributed by atoms with van der Waals surface area (Å²) in [6.45, 7) is 10.9. The highest BCUT2D eigenvalue weighted by Gasteiger charge is 2.14. The number of hydrogen-bond acceptors (Lipinski definition) is 3. The Morgan fingerprint density at radius 1 is 1.40 bits per heavy atom. The van der Waals surface area contributed by atoms with Crippen molar-refractivity contribution in [3.8, 4) is 0 Å². The molecule has 1 saturated heterocycles. The summed E-state index contributed by atoms with van der Waals surface area (Å²) in [5, 5.41) is 7.41. The van der Waals surface area contributed by atoms with E-state index >= 15 is 0 Å². The first-order chi connectivity index (χ1) is 9.72. The van der Waals surface area contributed by atoms with Crippen LogP contribution in [0, 0.1) is 5.92 Å². The third-order valence-corrected chi connectivity index (χ3v) is 4.41. The number of nitrogens with zero attached hydrogens (tertiary/aromatic N) is 1. The Morgan fingerprint density at radius 2 is 2.25 bits per heavy atom. The molecule has 0 bridgehead atoms. The normalized spacial score (nSPS) is 19.6. The molecular weight excluding hydrogens is 270 g/mol. The Hall–Kier alpha value is -0.420. The van der Waals surface area contributed by atoms with Gasteiger partial charge in [0.25, 0.3) is 0 Å². The molecule has 0 aromatic rings. The van der Waals surface area contributed by atoms with E-state index < -0.39 is 0 Å². The lowest BCUT2D eigenvalue weighted by molar-refractivity contribution is 0.108. The molecule has 1 heterocycles. The fourth-order valence-electron chi connectivity index (χ4n) is 2.02. The summed E-state index contributed by atoms with van der Waals surface area (Å²) in [6.07, 6.45) is 3.69. The minimum Gasteiger partial charge on any atom is -0.381 e. The summed E-state index contributed by atoms with van der Waals surface area (Å²) in [6, 6.07) is 0. The molecule has 0 aromatic heterocycles. The van der Waals surface area contributed by atoms with Crippen molar-refractivity contribution >= 4 is 17.7 Å². The zero-order chi connectivity index (χ0) is 14.6. The van der Waals surface area contributed by atoms with Gasteiger partial charge in [-0.3, -0.25) is 4.99 Å². The highest BCUT2D eigenvalue weighted by molar-refractivity contribution is 8.00. The maximum absolute atomic E-state index is 5.57. The van der Waals surface area contributed by atoms with Crippen LogP contribution in [-0.4, -0.2) is 49.8 Å². The van der Waals surface area contributed by atoms with Crippen molar-refractivity contribution in [2.24, 2.45) is 10.9 Å². The highest BCUT2D eigenvalue weighted by atomic mass is 32.2.